The molecule has 0 unspecified atom stereocenters. The van der Waals surface area contributed by atoms with Gasteiger partial charge >= 0.3 is 0 Å². The molecule has 0 aliphatic carbocycles. The molecular weight excluding hydrogens is 214 g/mol. The Bertz CT molecular complexity index is 337. The molecule has 0 aromatic heterocycles. The molecule has 3 nitrogen and oxygen atoms in total. The van der Waals surface area contributed by atoms with Gasteiger partial charge in [0.25, 0.3) is 0 Å². The van der Waals surface area contributed by atoms with Crippen LogP contribution in [-0.2, 0) is 6.42 Å². The first-order chi connectivity index (χ1) is 8.19. The van der Waals surface area contributed by atoms with E-state index in [0.29, 0.717) is 0 Å². The monoisotopic (exact) mass is 237 g/mol. The van der Waals surface area contributed by atoms with E-state index in [0.717, 1.165) is 37.3 Å². The van der Waals surface area contributed by atoms with Crippen molar-refractivity contribution in [3.63, 3.8) is 0 Å². The lowest BCUT2D eigenvalue weighted by atomic mass is 10.1. The summed E-state index contributed by atoms with van der Waals surface area (Å²) < 4.78 is 11.2. The second-order valence-electron chi connectivity index (χ2n) is 4.36. The molecule has 0 heterocycles. The molecule has 0 bridgehead atoms. The predicted molar refractivity (Wildman–Crippen MR) is 70.8 cm³/mol. The summed E-state index contributed by atoms with van der Waals surface area (Å²) in [5.74, 6) is 1.69. The van der Waals surface area contributed by atoms with Crippen LogP contribution in [0.4, 0.5) is 0 Å². The van der Waals surface area contributed by atoms with Crippen molar-refractivity contribution in [2.75, 3.05) is 13.7 Å². The fourth-order valence-electron chi connectivity index (χ4n) is 1.75. The summed E-state index contributed by atoms with van der Waals surface area (Å²) in [7, 11) is 1.67. The third kappa shape index (κ3) is 4.27. The van der Waals surface area contributed by atoms with E-state index in [1.54, 1.807) is 7.11 Å². The Kier molecular flexibility index (Phi) is 5.84. The minimum absolute atomic E-state index is 0.152. The summed E-state index contributed by atoms with van der Waals surface area (Å²) in [5, 5.41) is 0. The van der Waals surface area contributed by atoms with Crippen molar-refractivity contribution < 1.29 is 9.47 Å². The van der Waals surface area contributed by atoms with Crippen LogP contribution in [0.3, 0.4) is 0 Å². The van der Waals surface area contributed by atoms with Crippen molar-refractivity contribution in [2.24, 2.45) is 5.73 Å². The molecule has 0 aliphatic heterocycles. The predicted octanol–water partition coefficient (Wildman–Crippen LogP) is 2.76. The van der Waals surface area contributed by atoms with E-state index in [1.807, 2.05) is 26.0 Å². The van der Waals surface area contributed by atoms with Gasteiger partial charge < -0.3 is 15.2 Å². The van der Waals surface area contributed by atoms with Gasteiger partial charge in [-0.3, -0.25) is 0 Å². The zero-order valence-electron chi connectivity index (χ0n) is 11.0. The highest BCUT2D eigenvalue weighted by Crippen LogP contribution is 2.32. The van der Waals surface area contributed by atoms with Gasteiger partial charge in [-0.1, -0.05) is 12.1 Å². The first kappa shape index (κ1) is 13.8. The zero-order valence-corrected chi connectivity index (χ0v) is 11.0. The van der Waals surface area contributed by atoms with Crippen molar-refractivity contribution in [3.05, 3.63) is 23.8 Å². The van der Waals surface area contributed by atoms with Crippen LogP contribution < -0.4 is 15.2 Å². The Morgan fingerprint density at radius 3 is 2.59 bits per heavy atom. The summed E-state index contributed by atoms with van der Waals surface area (Å²) in [6.45, 7) is 4.79. The highest BCUT2D eigenvalue weighted by Gasteiger charge is 2.11. The Labute approximate surface area is 104 Å². The van der Waals surface area contributed by atoms with Gasteiger partial charge in [0, 0.05) is 0 Å². The maximum Gasteiger partial charge on any atom is 0.164 e. The first-order valence-electron chi connectivity index (χ1n) is 6.21. The molecule has 0 atom stereocenters. The van der Waals surface area contributed by atoms with Gasteiger partial charge in [0.05, 0.1) is 13.2 Å². The van der Waals surface area contributed by atoms with E-state index in [2.05, 4.69) is 6.07 Å². The van der Waals surface area contributed by atoms with Crippen molar-refractivity contribution in [3.8, 4) is 11.5 Å². The fourth-order valence-corrected chi connectivity index (χ4v) is 1.75. The van der Waals surface area contributed by atoms with E-state index in [4.69, 9.17) is 15.2 Å². The maximum atomic E-state index is 5.84. The minimum Gasteiger partial charge on any atom is -0.493 e. The van der Waals surface area contributed by atoms with Crippen molar-refractivity contribution >= 4 is 0 Å². The second-order valence-corrected chi connectivity index (χ2v) is 4.36. The average Bonchev–Trinajstić information content (AvgIpc) is 2.30. The largest absolute Gasteiger partial charge is 0.493 e. The fraction of sp³-hybridized carbons (Fsp3) is 0.571. The molecule has 0 amide bonds. The smallest absolute Gasteiger partial charge is 0.164 e. The molecule has 1 aromatic carbocycles. The van der Waals surface area contributed by atoms with E-state index in [9.17, 15) is 0 Å². The second kappa shape index (κ2) is 7.17. The molecule has 2 N–H and O–H groups in total. The van der Waals surface area contributed by atoms with E-state index < -0.39 is 0 Å². The zero-order chi connectivity index (χ0) is 12.7. The summed E-state index contributed by atoms with van der Waals surface area (Å²) in [4.78, 5) is 0. The Morgan fingerprint density at radius 2 is 2.00 bits per heavy atom. The normalized spacial score (nSPS) is 10.6. The first-order valence-corrected chi connectivity index (χ1v) is 6.21. The number of para-hydroxylation sites is 1. The molecule has 1 aromatic rings. The van der Waals surface area contributed by atoms with Crippen LogP contribution in [-0.4, -0.2) is 19.8 Å². The molecule has 17 heavy (non-hydrogen) atoms. The molecule has 3 heteroatoms. The van der Waals surface area contributed by atoms with Gasteiger partial charge in [0.2, 0.25) is 0 Å². The molecule has 0 saturated carbocycles. The van der Waals surface area contributed by atoms with Crippen LogP contribution in [0.25, 0.3) is 0 Å². The van der Waals surface area contributed by atoms with Crippen LogP contribution in [0.5, 0.6) is 11.5 Å². The van der Waals surface area contributed by atoms with Crippen LogP contribution in [0.2, 0.25) is 0 Å². The van der Waals surface area contributed by atoms with Gasteiger partial charge in [-0.15, -0.1) is 0 Å². The highest BCUT2D eigenvalue weighted by atomic mass is 16.5. The third-order valence-electron chi connectivity index (χ3n) is 2.53. The average molecular weight is 237 g/mol. The molecular formula is C14H23NO2. The van der Waals surface area contributed by atoms with Crippen molar-refractivity contribution in [1.82, 2.24) is 0 Å². The number of rotatable bonds is 7. The quantitative estimate of drug-likeness (QED) is 0.742. The van der Waals surface area contributed by atoms with Crippen molar-refractivity contribution in [2.45, 2.75) is 39.2 Å². The highest BCUT2D eigenvalue weighted by molar-refractivity contribution is 5.46. The molecule has 1 rings (SSSR count). The van der Waals surface area contributed by atoms with E-state index >= 15 is 0 Å². The van der Waals surface area contributed by atoms with E-state index in [1.165, 1.54) is 5.56 Å². The lowest BCUT2D eigenvalue weighted by Gasteiger charge is -2.17. The topological polar surface area (TPSA) is 44.5 Å². The Balaban J connectivity index is 2.85. The molecule has 96 valence electrons. The summed E-state index contributed by atoms with van der Waals surface area (Å²) in [6.07, 6.45) is 3.26. The van der Waals surface area contributed by atoms with Crippen LogP contribution >= 0.6 is 0 Å². The maximum absolute atomic E-state index is 5.84. The van der Waals surface area contributed by atoms with Gasteiger partial charge in [0.1, 0.15) is 0 Å². The number of nitrogens with two attached hydrogens (primary N) is 1. The minimum atomic E-state index is 0.152. The van der Waals surface area contributed by atoms with Crippen LogP contribution in [0.15, 0.2) is 18.2 Å². The van der Waals surface area contributed by atoms with Crippen LogP contribution in [0, 0.1) is 0 Å². The number of ether oxygens (including phenoxy) is 2. The van der Waals surface area contributed by atoms with Gasteiger partial charge in [0.15, 0.2) is 11.5 Å². The van der Waals surface area contributed by atoms with Gasteiger partial charge in [-0.2, -0.15) is 0 Å². The summed E-state index contributed by atoms with van der Waals surface area (Å²) in [5.41, 5.74) is 6.71. The molecule has 0 saturated heterocycles. The number of unbranched alkanes of at least 4 members (excludes halogenated alkanes) is 1. The SMILES string of the molecule is COc1cccc(CCCCN)c1OC(C)C. The number of aryl methyl sites for hydroxylation is 1. The number of benzene rings is 1. The molecule has 0 fully saturated rings. The molecule has 0 spiro atoms. The number of methoxy groups -OCH3 is 1. The molecule has 0 aliphatic rings. The van der Waals surface area contributed by atoms with Crippen LogP contribution in [0.1, 0.15) is 32.3 Å². The Morgan fingerprint density at radius 1 is 1.24 bits per heavy atom. The van der Waals surface area contributed by atoms with Gasteiger partial charge in [-0.25, -0.2) is 0 Å². The Hall–Kier alpha value is -1.22. The lowest BCUT2D eigenvalue weighted by Crippen LogP contribution is -2.09. The number of hydrogen-bond acceptors (Lipinski definition) is 3. The summed E-state index contributed by atoms with van der Waals surface area (Å²) in [6, 6.07) is 6.03. The summed E-state index contributed by atoms with van der Waals surface area (Å²) >= 11 is 0. The third-order valence-corrected chi connectivity index (χ3v) is 2.53. The molecule has 0 radical (unpaired) electrons. The lowest BCUT2D eigenvalue weighted by molar-refractivity contribution is 0.227. The van der Waals surface area contributed by atoms with E-state index in [-0.39, 0.29) is 6.10 Å². The van der Waals surface area contributed by atoms with Gasteiger partial charge in [-0.05, 0) is 51.3 Å². The standard InChI is InChI=1S/C14H23NO2/c1-11(2)17-14-12(7-4-5-10-15)8-6-9-13(14)16-3/h6,8-9,11H,4-5,7,10,15H2,1-3H3. The number of hydrogen-bond donors (Lipinski definition) is 1. The van der Waals surface area contributed by atoms with Crippen molar-refractivity contribution in [1.29, 1.82) is 0 Å².